The third kappa shape index (κ3) is 19.5. The minimum absolute atomic E-state index is 0.0748. The summed E-state index contributed by atoms with van der Waals surface area (Å²) in [5, 5.41) is 0. The monoisotopic (exact) mass is 384 g/mol. The Hall–Kier alpha value is -1.06. The summed E-state index contributed by atoms with van der Waals surface area (Å²) in [6.07, 6.45) is 14.4. The van der Waals surface area contributed by atoms with E-state index in [1.54, 1.807) is 0 Å². The van der Waals surface area contributed by atoms with E-state index in [9.17, 15) is 9.59 Å². The maximum absolute atomic E-state index is 11.8. The predicted octanol–water partition coefficient (Wildman–Crippen LogP) is 6.60. The molecule has 1 atom stereocenters. The fourth-order valence-corrected chi connectivity index (χ4v) is 3.03. The van der Waals surface area contributed by atoms with Gasteiger partial charge in [0, 0.05) is 0 Å². The van der Waals surface area contributed by atoms with Crippen LogP contribution in [0.4, 0.5) is 0 Å². The molecule has 0 aliphatic rings. The molecule has 0 aromatic rings. The molecule has 1 unspecified atom stereocenters. The van der Waals surface area contributed by atoms with Gasteiger partial charge in [0.25, 0.3) is 0 Å². The molecule has 0 aromatic carbocycles. The number of ether oxygens (including phenoxy) is 2. The fourth-order valence-electron chi connectivity index (χ4n) is 3.03. The van der Waals surface area contributed by atoms with E-state index < -0.39 is 0 Å². The molecule has 0 saturated carbocycles. The Morgan fingerprint density at radius 1 is 0.704 bits per heavy atom. The van der Waals surface area contributed by atoms with Crippen LogP contribution < -0.4 is 0 Å². The summed E-state index contributed by atoms with van der Waals surface area (Å²) in [5.74, 6) is 0.0829. The van der Waals surface area contributed by atoms with Gasteiger partial charge in [-0.25, -0.2) is 0 Å². The molecule has 0 aromatic heterocycles. The van der Waals surface area contributed by atoms with Crippen molar-refractivity contribution in [3.8, 4) is 0 Å². The van der Waals surface area contributed by atoms with Crippen LogP contribution in [0, 0.1) is 5.92 Å². The van der Waals surface area contributed by atoms with Gasteiger partial charge < -0.3 is 9.47 Å². The zero-order chi connectivity index (χ0) is 20.3. The second-order valence-electron chi connectivity index (χ2n) is 8.17. The number of esters is 2. The summed E-state index contributed by atoms with van der Waals surface area (Å²) in [4.78, 5) is 23.5. The largest absolute Gasteiger partial charge is 0.466 e. The van der Waals surface area contributed by atoms with E-state index in [0.717, 1.165) is 32.1 Å². The zero-order valence-corrected chi connectivity index (χ0v) is 18.4. The smallest absolute Gasteiger partial charge is 0.306 e. The number of unbranched alkanes of at least 4 members (excludes halogenated alkanes) is 8. The molecular weight excluding hydrogens is 340 g/mol. The summed E-state index contributed by atoms with van der Waals surface area (Å²) in [6.45, 7) is 9.00. The van der Waals surface area contributed by atoms with Gasteiger partial charge in [-0.3, -0.25) is 9.59 Å². The van der Waals surface area contributed by atoms with Crippen molar-refractivity contribution >= 4 is 11.9 Å². The van der Waals surface area contributed by atoms with E-state index in [2.05, 4.69) is 20.8 Å². The highest BCUT2D eigenvalue weighted by Gasteiger charge is 2.12. The Morgan fingerprint density at radius 2 is 1.26 bits per heavy atom. The second kappa shape index (κ2) is 18.3. The molecule has 0 radical (unpaired) electrons. The first-order chi connectivity index (χ1) is 13.0. The Kier molecular flexibility index (Phi) is 17.6. The maximum Gasteiger partial charge on any atom is 0.306 e. The standard InChI is InChI=1S/C23H44O4/c1-5-6-7-8-9-10-11-12-13-19-26-22(24)17-18-23(25)27-21(4)16-14-15-20(2)3/h20-21H,5-19H2,1-4H3. The van der Waals surface area contributed by atoms with Crippen molar-refractivity contribution < 1.29 is 19.1 Å². The number of carbonyl (C=O) groups excluding carboxylic acids is 2. The molecule has 0 fully saturated rings. The van der Waals surface area contributed by atoms with Crippen LogP contribution in [-0.4, -0.2) is 24.6 Å². The van der Waals surface area contributed by atoms with E-state index in [0.29, 0.717) is 12.5 Å². The minimum Gasteiger partial charge on any atom is -0.466 e. The van der Waals surface area contributed by atoms with Gasteiger partial charge in [0.15, 0.2) is 0 Å². The molecule has 0 N–H and O–H groups in total. The van der Waals surface area contributed by atoms with Crippen LogP contribution in [0.5, 0.6) is 0 Å². The molecule has 0 spiro atoms. The lowest BCUT2D eigenvalue weighted by Gasteiger charge is -2.13. The first kappa shape index (κ1) is 25.9. The lowest BCUT2D eigenvalue weighted by molar-refractivity contribution is -0.153. The first-order valence-electron chi connectivity index (χ1n) is 11.3. The fraction of sp³-hybridized carbons (Fsp3) is 0.913. The molecule has 0 amide bonds. The lowest BCUT2D eigenvalue weighted by Crippen LogP contribution is -2.16. The van der Waals surface area contributed by atoms with Crippen molar-refractivity contribution in [1.29, 1.82) is 0 Å². The topological polar surface area (TPSA) is 52.6 Å². The number of hydrogen-bond acceptors (Lipinski definition) is 4. The van der Waals surface area contributed by atoms with Crippen molar-refractivity contribution in [2.45, 2.75) is 124 Å². The highest BCUT2D eigenvalue weighted by molar-refractivity contribution is 5.77. The van der Waals surface area contributed by atoms with Gasteiger partial charge in [-0.05, 0) is 32.1 Å². The molecule has 4 nitrogen and oxygen atoms in total. The number of carbonyl (C=O) groups is 2. The normalized spacial score (nSPS) is 12.2. The summed E-state index contributed by atoms with van der Waals surface area (Å²) >= 11 is 0. The Morgan fingerprint density at radius 3 is 1.85 bits per heavy atom. The lowest BCUT2D eigenvalue weighted by atomic mass is 10.0. The second-order valence-corrected chi connectivity index (χ2v) is 8.17. The molecule has 0 heterocycles. The molecular formula is C23H44O4. The molecule has 0 bridgehead atoms. The van der Waals surface area contributed by atoms with Crippen LogP contribution in [0.3, 0.4) is 0 Å². The molecule has 0 rings (SSSR count). The highest BCUT2D eigenvalue weighted by Crippen LogP contribution is 2.12. The predicted molar refractivity (Wildman–Crippen MR) is 112 cm³/mol. The van der Waals surface area contributed by atoms with Gasteiger partial charge in [0.05, 0.1) is 25.6 Å². The average Bonchev–Trinajstić information content (AvgIpc) is 2.61. The van der Waals surface area contributed by atoms with Gasteiger partial charge in [0.2, 0.25) is 0 Å². The van der Waals surface area contributed by atoms with E-state index in [-0.39, 0.29) is 30.9 Å². The highest BCUT2D eigenvalue weighted by atomic mass is 16.5. The van der Waals surface area contributed by atoms with Crippen molar-refractivity contribution in [1.82, 2.24) is 0 Å². The Balaban J connectivity index is 3.48. The quantitative estimate of drug-likeness (QED) is 0.197. The summed E-state index contributed by atoms with van der Waals surface area (Å²) in [7, 11) is 0. The van der Waals surface area contributed by atoms with E-state index in [1.165, 1.54) is 44.9 Å². The number of rotatable bonds is 18. The summed E-state index contributed by atoms with van der Waals surface area (Å²) in [5.41, 5.74) is 0. The zero-order valence-electron chi connectivity index (χ0n) is 18.4. The maximum atomic E-state index is 11.8. The molecule has 27 heavy (non-hydrogen) atoms. The third-order valence-corrected chi connectivity index (χ3v) is 4.77. The van der Waals surface area contributed by atoms with Crippen LogP contribution in [0.1, 0.15) is 118 Å². The minimum atomic E-state index is -0.299. The first-order valence-corrected chi connectivity index (χ1v) is 11.3. The van der Waals surface area contributed by atoms with Gasteiger partial charge in [0.1, 0.15) is 0 Å². The molecule has 0 aliphatic heterocycles. The van der Waals surface area contributed by atoms with Crippen LogP contribution in [0.25, 0.3) is 0 Å². The van der Waals surface area contributed by atoms with Crippen molar-refractivity contribution in [2.24, 2.45) is 5.92 Å². The van der Waals surface area contributed by atoms with Crippen molar-refractivity contribution in [2.75, 3.05) is 6.61 Å². The summed E-state index contributed by atoms with van der Waals surface area (Å²) in [6, 6.07) is 0. The average molecular weight is 385 g/mol. The van der Waals surface area contributed by atoms with E-state index >= 15 is 0 Å². The molecule has 0 aliphatic carbocycles. The van der Waals surface area contributed by atoms with Crippen molar-refractivity contribution in [3.63, 3.8) is 0 Å². The Labute approximate surface area is 167 Å². The van der Waals surface area contributed by atoms with Crippen LogP contribution in [0.15, 0.2) is 0 Å². The van der Waals surface area contributed by atoms with Gasteiger partial charge in [-0.15, -0.1) is 0 Å². The van der Waals surface area contributed by atoms with E-state index in [4.69, 9.17) is 9.47 Å². The summed E-state index contributed by atoms with van der Waals surface area (Å²) < 4.78 is 10.5. The van der Waals surface area contributed by atoms with Crippen LogP contribution in [0.2, 0.25) is 0 Å². The van der Waals surface area contributed by atoms with Gasteiger partial charge >= 0.3 is 11.9 Å². The van der Waals surface area contributed by atoms with Crippen molar-refractivity contribution in [3.05, 3.63) is 0 Å². The van der Waals surface area contributed by atoms with Gasteiger partial charge in [-0.2, -0.15) is 0 Å². The molecule has 160 valence electrons. The number of hydrogen-bond donors (Lipinski definition) is 0. The Bertz CT molecular complexity index is 365. The third-order valence-electron chi connectivity index (χ3n) is 4.77. The van der Waals surface area contributed by atoms with Crippen LogP contribution >= 0.6 is 0 Å². The molecule has 0 saturated heterocycles. The van der Waals surface area contributed by atoms with Crippen LogP contribution in [-0.2, 0) is 19.1 Å². The van der Waals surface area contributed by atoms with E-state index in [1.807, 2.05) is 6.92 Å². The van der Waals surface area contributed by atoms with Gasteiger partial charge in [-0.1, -0.05) is 78.6 Å². The SMILES string of the molecule is CCCCCCCCCCCOC(=O)CCC(=O)OC(C)CCCC(C)C. The molecule has 4 heteroatoms.